The van der Waals surface area contributed by atoms with Crippen LogP contribution in [0.15, 0.2) is 60.7 Å². The van der Waals surface area contributed by atoms with Gasteiger partial charge in [-0.1, -0.05) is 122 Å². The van der Waals surface area contributed by atoms with E-state index in [4.69, 9.17) is 9.16 Å². The lowest BCUT2D eigenvalue weighted by Crippen LogP contribution is -2.58. The molecule has 0 aliphatic heterocycles. The van der Waals surface area contributed by atoms with Crippen LogP contribution in [-0.2, 0) is 27.0 Å². The Kier molecular flexibility index (Phi) is 10.6. The minimum absolute atomic E-state index is 0.139. The van der Waals surface area contributed by atoms with Crippen LogP contribution in [0.25, 0.3) is 0 Å². The topological polar surface area (TPSA) is 64.6 Å². The smallest absolute Gasteiger partial charge is 0.408 e. The number of nitrogens with one attached hydrogen (secondary N) is 1. The average Bonchev–Trinajstić information content (AvgIpc) is 2.85. The molecule has 0 aliphatic carbocycles. The third-order valence-corrected chi connectivity index (χ3v) is 13.8. The van der Waals surface area contributed by atoms with Crippen LogP contribution in [0.1, 0.15) is 72.4 Å². The SMILES string of the molecule is CCC(C)[Si](OC(=O)[C@H](Cc1ccccc1)NC(=O)OCc1ccccc1)(C(C)CC)C(C)(C)C. The quantitative estimate of drug-likeness (QED) is 0.328. The van der Waals surface area contributed by atoms with Crippen molar-refractivity contribution in [2.24, 2.45) is 0 Å². The zero-order valence-electron chi connectivity index (χ0n) is 22.5. The third-order valence-electron chi connectivity index (χ3n) is 7.20. The summed E-state index contributed by atoms with van der Waals surface area (Å²) < 4.78 is 12.1. The Hall–Kier alpha value is -2.60. The number of amides is 1. The lowest BCUT2D eigenvalue weighted by Gasteiger charge is -2.49. The molecule has 0 aliphatic rings. The first-order valence-electron chi connectivity index (χ1n) is 12.8. The summed E-state index contributed by atoms with van der Waals surface area (Å²) in [5.41, 5.74) is 2.40. The Morgan fingerprint density at radius 3 is 1.80 bits per heavy atom. The predicted octanol–water partition coefficient (Wildman–Crippen LogP) is 7.41. The van der Waals surface area contributed by atoms with Gasteiger partial charge < -0.3 is 14.5 Å². The normalized spacial score (nSPS) is 15.9. The van der Waals surface area contributed by atoms with Gasteiger partial charge in [0.2, 0.25) is 0 Å². The minimum atomic E-state index is -2.61. The van der Waals surface area contributed by atoms with E-state index in [-0.39, 0.29) is 28.7 Å². The first-order chi connectivity index (χ1) is 16.5. The van der Waals surface area contributed by atoms with E-state index in [0.717, 1.165) is 24.0 Å². The Balaban J connectivity index is 2.30. The van der Waals surface area contributed by atoms with Crippen molar-refractivity contribution in [1.82, 2.24) is 5.32 Å². The zero-order chi connectivity index (χ0) is 26.1. The van der Waals surface area contributed by atoms with Crippen molar-refractivity contribution in [3.05, 3.63) is 71.8 Å². The van der Waals surface area contributed by atoms with Crippen LogP contribution in [-0.4, -0.2) is 26.4 Å². The van der Waals surface area contributed by atoms with Gasteiger partial charge in [-0.2, -0.15) is 0 Å². The van der Waals surface area contributed by atoms with E-state index in [9.17, 15) is 9.59 Å². The Labute approximate surface area is 212 Å². The van der Waals surface area contributed by atoms with Crippen LogP contribution in [0.4, 0.5) is 4.79 Å². The predicted molar refractivity (Wildman–Crippen MR) is 145 cm³/mol. The zero-order valence-corrected chi connectivity index (χ0v) is 23.5. The summed E-state index contributed by atoms with van der Waals surface area (Å²) in [4.78, 5) is 26.5. The molecule has 0 radical (unpaired) electrons. The first-order valence-corrected chi connectivity index (χ1v) is 14.8. The first kappa shape index (κ1) is 28.6. The third kappa shape index (κ3) is 7.44. The number of hydrogen-bond donors (Lipinski definition) is 1. The van der Waals surface area contributed by atoms with E-state index in [1.54, 1.807) is 0 Å². The molecule has 0 aromatic heterocycles. The molecule has 1 amide bonds. The monoisotopic (exact) mass is 497 g/mol. The van der Waals surface area contributed by atoms with Gasteiger partial charge >= 0.3 is 12.1 Å². The molecule has 0 saturated heterocycles. The van der Waals surface area contributed by atoms with Crippen LogP contribution >= 0.6 is 0 Å². The fraction of sp³-hybridized carbons (Fsp3) is 0.517. The van der Waals surface area contributed by atoms with E-state index >= 15 is 0 Å². The van der Waals surface area contributed by atoms with Gasteiger partial charge in [0.05, 0.1) is 0 Å². The van der Waals surface area contributed by atoms with Gasteiger partial charge in [0.25, 0.3) is 8.32 Å². The molecule has 2 aromatic rings. The van der Waals surface area contributed by atoms with Gasteiger partial charge in [-0.15, -0.1) is 0 Å². The van der Waals surface area contributed by atoms with Crippen LogP contribution in [0.3, 0.4) is 0 Å². The van der Waals surface area contributed by atoms with E-state index < -0.39 is 20.5 Å². The molecule has 0 fully saturated rings. The van der Waals surface area contributed by atoms with Crippen molar-refractivity contribution in [2.75, 3.05) is 0 Å². The number of rotatable bonds is 11. The summed E-state index contributed by atoms with van der Waals surface area (Å²) in [6, 6.07) is 18.4. The molecule has 2 rings (SSSR count). The molecular formula is C29H43NO4Si. The number of hydrogen-bond acceptors (Lipinski definition) is 4. The van der Waals surface area contributed by atoms with Crippen LogP contribution in [0.5, 0.6) is 0 Å². The number of carbonyl (C=O) groups excluding carboxylic acids is 2. The highest BCUT2D eigenvalue weighted by atomic mass is 28.4. The second kappa shape index (κ2) is 12.9. The van der Waals surface area contributed by atoms with Crippen molar-refractivity contribution >= 4 is 20.4 Å². The second-order valence-electron chi connectivity index (χ2n) is 10.5. The van der Waals surface area contributed by atoms with E-state index in [1.807, 2.05) is 60.7 Å². The Morgan fingerprint density at radius 1 is 0.857 bits per heavy atom. The summed E-state index contributed by atoms with van der Waals surface area (Å²) in [6.45, 7) is 15.5. The number of ether oxygens (including phenoxy) is 1. The van der Waals surface area contributed by atoms with Crippen molar-refractivity contribution in [1.29, 1.82) is 0 Å². The Morgan fingerprint density at radius 2 is 1.34 bits per heavy atom. The van der Waals surface area contributed by atoms with Crippen molar-refractivity contribution in [3.63, 3.8) is 0 Å². The van der Waals surface area contributed by atoms with Crippen molar-refractivity contribution < 1.29 is 18.8 Å². The van der Waals surface area contributed by atoms with Crippen LogP contribution in [0, 0.1) is 0 Å². The maximum Gasteiger partial charge on any atom is 0.408 e. The highest BCUT2D eigenvalue weighted by molar-refractivity contribution is 6.80. The molecule has 1 N–H and O–H groups in total. The van der Waals surface area contributed by atoms with Crippen LogP contribution < -0.4 is 5.32 Å². The van der Waals surface area contributed by atoms with Gasteiger partial charge in [0, 0.05) is 6.42 Å². The van der Waals surface area contributed by atoms with E-state index in [0.29, 0.717) is 6.42 Å². The van der Waals surface area contributed by atoms with Crippen molar-refractivity contribution in [3.8, 4) is 0 Å². The largest absolute Gasteiger partial charge is 0.516 e. The van der Waals surface area contributed by atoms with Gasteiger partial charge in [-0.25, -0.2) is 4.79 Å². The molecule has 0 bridgehead atoms. The fourth-order valence-electron chi connectivity index (χ4n) is 5.11. The summed E-state index contributed by atoms with van der Waals surface area (Å²) in [5, 5.41) is 2.66. The van der Waals surface area contributed by atoms with Gasteiger partial charge in [-0.3, -0.25) is 4.79 Å². The second-order valence-corrected chi connectivity index (χ2v) is 15.8. The molecule has 0 saturated carbocycles. The molecule has 35 heavy (non-hydrogen) atoms. The maximum absolute atomic E-state index is 13.8. The lowest BCUT2D eigenvalue weighted by molar-refractivity contribution is -0.138. The molecular weight excluding hydrogens is 454 g/mol. The fourth-order valence-corrected chi connectivity index (χ4v) is 11.4. The average molecular weight is 498 g/mol. The summed E-state index contributed by atoms with van der Waals surface area (Å²) in [5.74, 6) is -0.368. The summed E-state index contributed by atoms with van der Waals surface area (Å²) in [7, 11) is -2.61. The molecule has 192 valence electrons. The molecule has 3 atom stereocenters. The maximum atomic E-state index is 13.8. The minimum Gasteiger partial charge on any atom is -0.516 e. The van der Waals surface area contributed by atoms with Gasteiger partial charge in [-0.05, 0) is 27.2 Å². The molecule has 5 nitrogen and oxygen atoms in total. The van der Waals surface area contributed by atoms with E-state index in [1.165, 1.54) is 0 Å². The lowest BCUT2D eigenvalue weighted by atomic mass is 10.1. The molecule has 0 spiro atoms. The number of carbonyl (C=O) groups is 2. The molecule has 0 heterocycles. The summed E-state index contributed by atoms with van der Waals surface area (Å²) in [6.07, 6.45) is 1.60. The standard InChI is InChI=1S/C29H43NO4Si/c1-8-22(3)35(23(4)9-2,29(5,6)7)34-27(31)26(20-24-16-12-10-13-17-24)30-28(32)33-21-25-18-14-11-15-19-25/h10-19,22-23,26H,8-9,20-21H2,1-7H3,(H,30,32)/t22?,23?,26-,35?/m0/s1. The number of alkyl carbamates (subject to hydrolysis) is 1. The molecule has 2 unspecified atom stereocenters. The van der Waals surface area contributed by atoms with Gasteiger partial charge in [0.1, 0.15) is 12.6 Å². The van der Waals surface area contributed by atoms with Crippen LogP contribution in [0.2, 0.25) is 16.1 Å². The highest BCUT2D eigenvalue weighted by Crippen LogP contribution is 2.53. The summed E-state index contributed by atoms with van der Waals surface area (Å²) >= 11 is 0. The van der Waals surface area contributed by atoms with Crippen molar-refractivity contribution in [2.45, 2.75) is 96.5 Å². The number of benzene rings is 2. The molecule has 2 aromatic carbocycles. The highest BCUT2D eigenvalue weighted by Gasteiger charge is 2.56. The molecule has 6 heteroatoms. The van der Waals surface area contributed by atoms with E-state index in [2.05, 4.69) is 53.8 Å². The Bertz CT molecular complexity index is 917. The van der Waals surface area contributed by atoms with Gasteiger partial charge in [0.15, 0.2) is 0 Å².